The third-order valence-corrected chi connectivity index (χ3v) is 1.93. The van der Waals surface area contributed by atoms with Crippen LogP contribution in [-0.2, 0) is 19.6 Å². The van der Waals surface area contributed by atoms with Crippen LogP contribution < -0.4 is 18.9 Å². The summed E-state index contributed by atoms with van der Waals surface area (Å²) in [5.41, 5.74) is 0.256. The molecule has 0 amide bonds. The van der Waals surface area contributed by atoms with E-state index in [4.69, 9.17) is 4.55 Å². The molecule has 0 aromatic heterocycles. The number of hydrogen-bond donors (Lipinski definition) is 1. The van der Waals surface area contributed by atoms with Crippen LogP contribution in [0.5, 0.6) is 0 Å². The second-order valence-electron chi connectivity index (χ2n) is 2.56. The predicted octanol–water partition coefficient (Wildman–Crippen LogP) is -2.50. The van der Waals surface area contributed by atoms with Crippen molar-refractivity contribution in [2.45, 2.75) is 13.3 Å². The smallest absolute Gasteiger partial charge is 1.00 e. The zero-order valence-corrected chi connectivity index (χ0v) is 9.13. The van der Waals surface area contributed by atoms with Crippen molar-refractivity contribution in [2.24, 2.45) is 0 Å². The molecule has 0 aliphatic heterocycles. The van der Waals surface area contributed by atoms with Crippen LogP contribution in [0, 0.1) is 0 Å². The van der Waals surface area contributed by atoms with Crippen molar-refractivity contribution in [3.8, 4) is 0 Å². The second kappa shape index (κ2) is 7.07. The van der Waals surface area contributed by atoms with Crippen molar-refractivity contribution < 1.29 is 42.8 Å². The van der Waals surface area contributed by atoms with Gasteiger partial charge in [-0.1, -0.05) is 6.58 Å². The van der Waals surface area contributed by atoms with Gasteiger partial charge in [0, 0.05) is 5.57 Å². The number of ether oxygens (including phenoxy) is 1. The molecular formula is C7H13LiO5S. The minimum absolute atomic E-state index is 0. The van der Waals surface area contributed by atoms with Gasteiger partial charge in [0.1, 0.15) is 0 Å². The van der Waals surface area contributed by atoms with Crippen molar-refractivity contribution in [1.82, 2.24) is 0 Å². The summed E-state index contributed by atoms with van der Waals surface area (Å²) in [6.45, 7) is 4.80. The molecule has 0 saturated carbocycles. The first-order valence-electron chi connectivity index (χ1n) is 3.61. The van der Waals surface area contributed by atoms with E-state index in [-0.39, 0.29) is 38.9 Å². The molecule has 78 valence electrons. The Morgan fingerprint density at radius 2 is 2.07 bits per heavy atom. The molecule has 0 aromatic rings. The molecule has 0 unspecified atom stereocenters. The fourth-order valence-corrected chi connectivity index (χ4v) is 1.01. The standard InChI is InChI=1S/C7H12O5S.Li.H/c1-6(2)7(8)12-4-3-5-13(9,10)11;;/h1,3-5H2,2H3,(H,9,10,11);;/q;+1;-1. The van der Waals surface area contributed by atoms with Gasteiger partial charge in [-0.25, -0.2) is 4.79 Å². The van der Waals surface area contributed by atoms with Gasteiger partial charge < -0.3 is 6.16 Å². The molecule has 14 heavy (non-hydrogen) atoms. The molecule has 0 atom stereocenters. The maximum atomic E-state index is 10.7. The largest absolute Gasteiger partial charge is 1.00 e. The van der Waals surface area contributed by atoms with Crippen LogP contribution in [-0.4, -0.2) is 31.3 Å². The van der Waals surface area contributed by atoms with Gasteiger partial charge in [-0.2, -0.15) is 8.42 Å². The summed E-state index contributed by atoms with van der Waals surface area (Å²) in [5.74, 6) is -0.966. The Balaban J connectivity index is -0.000000720. The maximum Gasteiger partial charge on any atom is 1.00 e. The molecule has 0 aliphatic carbocycles. The predicted molar refractivity (Wildman–Crippen MR) is 47.9 cm³/mol. The topological polar surface area (TPSA) is 80.7 Å². The number of rotatable bonds is 5. The SMILES string of the molecule is C=C(C)C(=O)OCCCS(=O)(=O)O.[H-].[Li+]. The zero-order chi connectivity index (χ0) is 10.5. The molecule has 7 heteroatoms. The van der Waals surface area contributed by atoms with Crippen molar-refractivity contribution in [2.75, 3.05) is 12.4 Å². The summed E-state index contributed by atoms with van der Waals surface area (Å²) in [4.78, 5) is 10.7. The number of hydrogen-bond acceptors (Lipinski definition) is 4. The van der Waals surface area contributed by atoms with Gasteiger partial charge in [-0.15, -0.1) is 0 Å². The van der Waals surface area contributed by atoms with Crippen molar-refractivity contribution in [3.63, 3.8) is 0 Å². The Bertz CT molecular complexity index is 301. The Labute approximate surface area is 96.9 Å². The fourth-order valence-electron chi connectivity index (χ4n) is 0.529. The van der Waals surface area contributed by atoms with Gasteiger partial charge in [-0.05, 0) is 13.3 Å². The summed E-state index contributed by atoms with van der Waals surface area (Å²) in [7, 11) is -3.96. The van der Waals surface area contributed by atoms with Crippen LogP contribution in [0.3, 0.4) is 0 Å². The summed E-state index contributed by atoms with van der Waals surface area (Å²) in [6.07, 6.45) is 0.0812. The molecule has 0 saturated heterocycles. The van der Waals surface area contributed by atoms with Crippen molar-refractivity contribution in [3.05, 3.63) is 12.2 Å². The van der Waals surface area contributed by atoms with E-state index in [0.29, 0.717) is 0 Å². The molecule has 0 rings (SSSR count). The summed E-state index contributed by atoms with van der Waals surface area (Å²) >= 11 is 0. The first-order chi connectivity index (χ1) is 5.83. The fraction of sp³-hybridized carbons (Fsp3) is 0.571. The van der Waals surface area contributed by atoms with Gasteiger partial charge in [-0.3, -0.25) is 4.55 Å². The molecule has 0 radical (unpaired) electrons. The molecule has 0 aromatic carbocycles. The molecule has 1 N–H and O–H groups in total. The Hall–Kier alpha value is -0.283. The van der Waals surface area contributed by atoms with Crippen LogP contribution in [0.4, 0.5) is 0 Å². The zero-order valence-electron chi connectivity index (χ0n) is 9.32. The van der Waals surface area contributed by atoms with Crippen molar-refractivity contribution >= 4 is 16.1 Å². The Kier molecular flexibility index (Phi) is 8.16. The third-order valence-electron chi connectivity index (χ3n) is 1.13. The minimum atomic E-state index is -3.96. The van der Waals surface area contributed by atoms with E-state index in [0.717, 1.165) is 0 Å². The van der Waals surface area contributed by atoms with E-state index >= 15 is 0 Å². The van der Waals surface area contributed by atoms with E-state index in [1.54, 1.807) is 0 Å². The van der Waals surface area contributed by atoms with Gasteiger partial charge in [0.25, 0.3) is 10.1 Å². The first-order valence-corrected chi connectivity index (χ1v) is 5.21. The Morgan fingerprint density at radius 3 is 2.43 bits per heavy atom. The Morgan fingerprint density at radius 1 is 1.57 bits per heavy atom. The van der Waals surface area contributed by atoms with Crippen LogP contribution in [0.1, 0.15) is 14.8 Å². The molecule has 0 spiro atoms. The van der Waals surface area contributed by atoms with E-state index in [1.165, 1.54) is 6.92 Å². The first kappa shape index (κ1) is 16.2. The second-order valence-corrected chi connectivity index (χ2v) is 4.13. The minimum Gasteiger partial charge on any atom is -1.00 e. The van der Waals surface area contributed by atoms with Crippen molar-refractivity contribution in [1.29, 1.82) is 0 Å². The number of carbonyl (C=O) groups is 1. The molecule has 5 nitrogen and oxygen atoms in total. The van der Waals surface area contributed by atoms with Crippen LogP contribution in [0.2, 0.25) is 0 Å². The summed E-state index contributed by atoms with van der Waals surface area (Å²) in [6, 6.07) is 0. The molecular weight excluding hydrogens is 203 g/mol. The monoisotopic (exact) mass is 216 g/mol. The van der Waals surface area contributed by atoms with E-state index in [2.05, 4.69) is 11.3 Å². The normalized spacial score (nSPS) is 10.1. The van der Waals surface area contributed by atoms with Crippen LogP contribution in [0.15, 0.2) is 12.2 Å². The number of carbonyl (C=O) groups excluding carboxylic acids is 1. The van der Waals surface area contributed by atoms with E-state index < -0.39 is 21.8 Å². The van der Waals surface area contributed by atoms with Gasteiger partial charge in [0.2, 0.25) is 0 Å². The van der Waals surface area contributed by atoms with Crippen LogP contribution >= 0.6 is 0 Å². The van der Waals surface area contributed by atoms with E-state index in [1.807, 2.05) is 0 Å². The maximum absolute atomic E-state index is 10.7. The van der Waals surface area contributed by atoms with E-state index in [9.17, 15) is 13.2 Å². The third kappa shape index (κ3) is 9.80. The van der Waals surface area contributed by atoms with Gasteiger partial charge >= 0.3 is 24.8 Å². The average Bonchev–Trinajstić information content (AvgIpc) is 1.95. The molecule has 0 heterocycles. The quantitative estimate of drug-likeness (QED) is 0.181. The average molecular weight is 216 g/mol. The summed E-state index contributed by atoms with van der Waals surface area (Å²) < 4.78 is 33.3. The molecule has 0 aliphatic rings. The van der Waals surface area contributed by atoms with Gasteiger partial charge in [0.15, 0.2) is 0 Å². The molecule has 0 fully saturated rings. The summed E-state index contributed by atoms with van der Waals surface area (Å²) in [5, 5.41) is 0. The van der Waals surface area contributed by atoms with Gasteiger partial charge in [0.05, 0.1) is 12.4 Å². The number of esters is 1. The van der Waals surface area contributed by atoms with Crippen LogP contribution in [0.25, 0.3) is 0 Å². The molecule has 0 bridgehead atoms.